The smallest absolute Gasteiger partial charge is 0.265 e. The lowest BCUT2D eigenvalue weighted by Crippen LogP contribution is -2.51. The lowest BCUT2D eigenvalue weighted by molar-refractivity contribution is 0.0728. The molecule has 118 valence electrons. The van der Waals surface area contributed by atoms with Crippen molar-refractivity contribution < 1.29 is 19.7 Å². The number of rotatable bonds is 5. The number of nitrogens with one attached hydrogen (secondary N) is 1. The molecule has 1 saturated heterocycles. The SMILES string of the molecule is CC(CO)(CO)NC(=O)c1sc(N2CCOCC2)nc1N. The highest BCUT2D eigenvalue weighted by molar-refractivity contribution is 7.18. The van der Waals surface area contributed by atoms with Crippen LogP contribution in [0.2, 0.25) is 0 Å². The lowest BCUT2D eigenvalue weighted by Gasteiger charge is -2.26. The maximum atomic E-state index is 12.2. The Morgan fingerprint density at radius 3 is 2.67 bits per heavy atom. The van der Waals surface area contributed by atoms with Gasteiger partial charge in [0.05, 0.1) is 32.0 Å². The second kappa shape index (κ2) is 6.56. The molecular weight excluding hydrogens is 296 g/mol. The average Bonchev–Trinajstić information content (AvgIpc) is 2.90. The van der Waals surface area contributed by atoms with Crippen molar-refractivity contribution in [1.82, 2.24) is 10.3 Å². The van der Waals surface area contributed by atoms with Gasteiger partial charge >= 0.3 is 0 Å². The molecule has 1 fully saturated rings. The van der Waals surface area contributed by atoms with E-state index in [1.807, 2.05) is 4.90 Å². The summed E-state index contributed by atoms with van der Waals surface area (Å²) in [5.74, 6) is -0.299. The number of ether oxygens (including phenoxy) is 1. The van der Waals surface area contributed by atoms with Crippen molar-refractivity contribution in [1.29, 1.82) is 0 Å². The summed E-state index contributed by atoms with van der Waals surface area (Å²) in [7, 11) is 0. The maximum Gasteiger partial charge on any atom is 0.265 e. The van der Waals surface area contributed by atoms with E-state index in [4.69, 9.17) is 10.5 Å². The molecule has 21 heavy (non-hydrogen) atoms. The lowest BCUT2D eigenvalue weighted by atomic mass is 10.1. The number of nitrogens with zero attached hydrogens (tertiary/aromatic N) is 2. The number of anilines is 2. The standard InChI is InChI=1S/C12H20N4O4S/c1-12(6-17,7-18)15-10(19)8-9(13)14-11(21-8)16-2-4-20-5-3-16/h17-18H,2-7,13H2,1H3,(H,15,19). The predicted octanol–water partition coefficient (Wildman–Crippen LogP) is -0.965. The summed E-state index contributed by atoms with van der Waals surface area (Å²) in [4.78, 5) is 18.7. The number of carbonyl (C=O) groups excluding carboxylic acids is 1. The van der Waals surface area contributed by atoms with Gasteiger partial charge < -0.3 is 30.9 Å². The highest BCUT2D eigenvalue weighted by Gasteiger charge is 2.28. The fourth-order valence-corrected chi connectivity index (χ4v) is 2.76. The number of carbonyl (C=O) groups is 1. The molecule has 0 radical (unpaired) electrons. The first-order chi connectivity index (χ1) is 9.99. The minimum Gasteiger partial charge on any atom is -0.394 e. The number of amides is 1. The van der Waals surface area contributed by atoms with Crippen LogP contribution in [-0.4, -0.2) is 66.2 Å². The molecule has 9 heteroatoms. The Kier molecular flexibility index (Phi) is 4.99. The van der Waals surface area contributed by atoms with Crippen molar-refractivity contribution in [3.63, 3.8) is 0 Å². The minimum atomic E-state index is -1.09. The number of morpholine rings is 1. The van der Waals surface area contributed by atoms with E-state index < -0.39 is 11.4 Å². The van der Waals surface area contributed by atoms with Gasteiger partial charge in [0, 0.05) is 13.1 Å². The van der Waals surface area contributed by atoms with Gasteiger partial charge in [-0.1, -0.05) is 11.3 Å². The zero-order valence-electron chi connectivity index (χ0n) is 11.8. The summed E-state index contributed by atoms with van der Waals surface area (Å²) in [6.07, 6.45) is 0. The third-order valence-corrected chi connectivity index (χ3v) is 4.37. The van der Waals surface area contributed by atoms with Crippen LogP contribution < -0.4 is 16.0 Å². The minimum absolute atomic E-state index is 0.150. The molecule has 1 aromatic rings. The highest BCUT2D eigenvalue weighted by Crippen LogP contribution is 2.28. The molecule has 1 aromatic heterocycles. The molecule has 0 unspecified atom stereocenters. The Morgan fingerprint density at radius 1 is 1.48 bits per heavy atom. The zero-order valence-corrected chi connectivity index (χ0v) is 12.7. The molecule has 0 spiro atoms. The van der Waals surface area contributed by atoms with E-state index in [0.717, 1.165) is 0 Å². The van der Waals surface area contributed by atoms with Crippen LogP contribution in [0.25, 0.3) is 0 Å². The quantitative estimate of drug-likeness (QED) is 0.552. The van der Waals surface area contributed by atoms with Gasteiger partial charge in [0.1, 0.15) is 10.7 Å². The summed E-state index contributed by atoms with van der Waals surface area (Å²) < 4.78 is 5.27. The van der Waals surface area contributed by atoms with Crippen LogP contribution in [0, 0.1) is 0 Å². The van der Waals surface area contributed by atoms with Gasteiger partial charge in [-0.2, -0.15) is 0 Å². The van der Waals surface area contributed by atoms with Gasteiger partial charge in [-0.25, -0.2) is 4.98 Å². The maximum absolute atomic E-state index is 12.2. The Morgan fingerprint density at radius 2 is 2.10 bits per heavy atom. The van der Waals surface area contributed by atoms with E-state index in [1.54, 1.807) is 6.92 Å². The van der Waals surface area contributed by atoms with Crippen molar-refractivity contribution in [3.05, 3.63) is 4.88 Å². The van der Waals surface area contributed by atoms with Crippen molar-refractivity contribution in [3.8, 4) is 0 Å². The molecule has 0 atom stereocenters. The Labute approximate surface area is 126 Å². The molecule has 5 N–H and O–H groups in total. The Balaban J connectivity index is 2.12. The number of hydrogen-bond donors (Lipinski definition) is 4. The fraction of sp³-hybridized carbons (Fsp3) is 0.667. The van der Waals surface area contributed by atoms with Crippen molar-refractivity contribution in [2.45, 2.75) is 12.5 Å². The molecule has 8 nitrogen and oxygen atoms in total. The molecule has 2 rings (SSSR count). The van der Waals surface area contributed by atoms with E-state index >= 15 is 0 Å². The summed E-state index contributed by atoms with van der Waals surface area (Å²) in [5.41, 5.74) is 4.72. The first kappa shape index (κ1) is 16.0. The number of thiazole rings is 1. The van der Waals surface area contributed by atoms with E-state index in [1.165, 1.54) is 11.3 Å². The molecule has 0 aliphatic carbocycles. The molecule has 1 amide bonds. The number of nitrogens with two attached hydrogens (primary N) is 1. The molecule has 0 saturated carbocycles. The summed E-state index contributed by atoms with van der Waals surface area (Å²) >= 11 is 1.19. The van der Waals surface area contributed by atoms with E-state index in [9.17, 15) is 15.0 Å². The van der Waals surface area contributed by atoms with Crippen LogP contribution in [-0.2, 0) is 4.74 Å². The van der Waals surface area contributed by atoms with Crippen LogP contribution in [0.5, 0.6) is 0 Å². The second-order valence-electron chi connectivity index (χ2n) is 5.14. The van der Waals surface area contributed by atoms with Crippen LogP contribution in [0.4, 0.5) is 10.9 Å². The summed E-state index contributed by atoms with van der Waals surface area (Å²) in [6.45, 7) is 3.46. The van der Waals surface area contributed by atoms with Crippen LogP contribution in [0.1, 0.15) is 16.6 Å². The van der Waals surface area contributed by atoms with Crippen LogP contribution in [0.3, 0.4) is 0 Å². The fourth-order valence-electron chi connectivity index (χ4n) is 1.83. The van der Waals surface area contributed by atoms with E-state index in [-0.39, 0.29) is 23.9 Å². The van der Waals surface area contributed by atoms with Gasteiger partial charge in [-0.3, -0.25) is 4.79 Å². The second-order valence-corrected chi connectivity index (χ2v) is 6.12. The van der Waals surface area contributed by atoms with E-state index in [0.29, 0.717) is 31.4 Å². The van der Waals surface area contributed by atoms with Crippen molar-refractivity contribution in [2.75, 3.05) is 50.2 Å². The van der Waals surface area contributed by atoms with Gasteiger partial charge in [0.2, 0.25) is 0 Å². The number of aliphatic hydroxyl groups excluding tert-OH is 2. The average molecular weight is 316 g/mol. The molecule has 0 aromatic carbocycles. The number of hydrogen-bond acceptors (Lipinski definition) is 8. The normalized spacial score (nSPS) is 16.0. The molecule has 2 heterocycles. The first-order valence-electron chi connectivity index (χ1n) is 6.62. The Hall–Kier alpha value is -1.42. The van der Waals surface area contributed by atoms with Crippen LogP contribution in [0.15, 0.2) is 0 Å². The van der Waals surface area contributed by atoms with Gasteiger partial charge in [-0.05, 0) is 6.92 Å². The topological polar surface area (TPSA) is 121 Å². The van der Waals surface area contributed by atoms with Crippen LogP contribution >= 0.6 is 11.3 Å². The highest BCUT2D eigenvalue weighted by atomic mass is 32.1. The van der Waals surface area contributed by atoms with E-state index in [2.05, 4.69) is 10.3 Å². The zero-order chi connectivity index (χ0) is 15.5. The Bertz CT molecular complexity index is 497. The predicted molar refractivity (Wildman–Crippen MR) is 79.6 cm³/mol. The molecule has 0 bridgehead atoms. The number of nitrogen functional groups attached to an aromatic ring is 1. The largest absolute Gasteiger partial charge is 0.394 e. The summed E-state index contributed by atoms with van der Waals surface area (Å²) in [5, 5.41) is 21.7. The molecular formula is C12H20N4O4S. The number of aliphatic hydroxyl groups is 2. The third kappa shape index (κ3) is 3.62. The molecule has 1 aliphatic heterocycles. The van der Waals surface area contributed by atoms with Crippen molar-refractivity contribution >= 4 is 28.2 Å². The monoisotopic (exact) mass is 316 g/mol. The van der Waals surface area contributed by atoms with Gasteiger partial charge in [0.15, 0.2) is 5.13 Å². The summed E-state index contributed by atoms with van der Waals surface area (Å²) in [6, 6.07) is 0. The molecule has 1 aliphatic rings. The van der Waals surface area contributed by atoms with Gasteiger partial charge in [0.25, 0.3) is 5.91 Å². The number of aromatic nitrogens is 1. The third-order valence-electron chi connectivity index (χ3n) is 3.24. The van der Waals surface area contributed by atoms with Gasteiger partial charge in [-0.15, -0.1) is 0 Å². The van der Waals surface area contributed by atoms with Crippen molar-refractivity contribution in [2.24, 2.45) is 0 Å². The first-order valence-corrected chi connectivity index (χ1v) is 7.44.